The summed E-state index contributed by atoms with van der Waals surface area (Å²) in [4.78, 5) is 0. The average molecular weight is 207 g/mol. The number of rotatable bonds is 3. The molecule has 1 rings (SSSR count). The summed E-state index contributed by atoms with van der Waals surface area (Å²) >= 11 is 0. The molecule has 0 amide bonds. The summed E-state index contributed by atoms with van der Waals surface area (Å²) in [5, 5.41) is 0. The minimum absolute atomic E-state index is 0.298. The third-order valence-electron chi connectivity index (χ3n) is 2.78. The lowest BCUT2D eigenvalue weighted by molar-refractivity contribution is 0.0177. The van der Waals surface area contributed by atoms with Gasteiger partial charge in [-0.3, -0.25) is 0 Å². The molecule has 0 aliphatic rings. The van der Waals surface area contributed by atoms with Crippen LogP contribution in [0.15, 0.2) is 24.3 Å². The van der Waals surface area contributed by atoms with Crippen molar-refractivity contribution in [3.8, 4) is 0 Å². The second-order valence-electron chi connectivity index (χ2n) is 4.98. The van der Waals surface area contributed by atoms with Crippen LogP contribution in [0.5, 0.6) is 0 Å². The van der Waals surface area contributed by atoms with E-state index in [9.17, 15) is 0 Å². The Kier molecular flexibility index (Phi) is 3.22. The predicted octanol–water partition coefficient (Wildman–Crippen LogP) is 2.76. The van der Waals surface area contributed by atoms with E-state index in [4.69, 9.17) is 10.5 Å². The molecule has 15 heavy (non-hydrogen) atoms. The van der Waals surface area contributed by atoms with E-state index in [2.05, 4.69) is 26.0 Å². The zero-order valence-electron chi connectivity index (χ0n) is 10.3. The summed E-state index contributed by atoms with van der Waals surface area (Å²) in [5.74, 6) is 0. The number of nitrogens with two attached hydrogens (primary N) is 1. The standard InChI is InChI=1S/C13H21NO/c1-12(2,14)10-8-6-7-9-11(10)13(3,4)15-5/h6-9H,14H2,1-5H3. The maximum absolute atomic E-state index is 6.15. The van der Waals surface area contributed by atoms with Gasteiger partial charge in [-0.25, -0.2) is 0 Å². The molecular weight excluding hydrogens is 186 g/mol. The van der Waals surface area contributed by atoms with Gasteiger partial charge in [-0.1, -0.05) is 24.3 Å². The van der Waals surface area contributed by atoms with E-state index in [-0.39, 0.29) is 11.1 Å². The fourth-order valence-corrected chi connectivity index (χ4v) is 1.68. The van der Waals surface area contributed by atoms with Gasteiger partial charge in [-0.2, -0.15) is 0 Å². The summed E-state index contributed by atoms with van der Waals surface area (Å²) in [7, 11) is 1.72. The van der Waals surface area contributed by atoms with Crippen LogP contribution in [-0.2, 0) is 15.9 Å². The van der Waals surface area contributed by atoms with Gasteiger partial charge in [0.15, 0.2) is 0 Å². The first-order valence-corrected chi connectivity index (χ1v) is 5.23. The van der Waals surface area contributed by atoms with Gasteiger partial charge in [0.1, 0.15) is 0 Å². The Hall–Kier alpha value is -0.860. The molecule has 84 valence electrons. The van der Waals surface area contributed by atoms with Gasteiger partial charge in [-0.15, -0.1) is 0 Å². The Balaban J connectivity index is 3.31. The van der Waals surface area contributed by atoms with E-state index >= 15 is 0 Å². The minimum Gasteiger partial charge on any atom is -0.374 e. The van der Waals surface area contributed by atoms with Crippen molar-refractivity contribution in [2.75, 3.05) is 7.11 Å². The number of ether oxygens (including phenoxy) is 1. The largest absolute Gasteiger partial charge is 0.374 e. The molecule has 2 N–H and O–H groups in total. The van der Waals surface area contributed by atoms with Gasteiger partial charge in [0.05, 0.1) is 5.60 Å². The van der Waals surface area contributed by atoms with E-state index in [1.54, 1.807) is 7.11 Å². The lowest BCUT2D eigenvalue weighted by Crippen LogP contribution is -2.33. The van der Waals surface area contributed by atoms with E-state index in [1.807, 2.05) is 26.0 Å². The first-order valence-electron chi connectivity index (χ1n) is 5.23. The summed E-state index contributed by atoms with van der Waals surface area (Å²) in [6.07, 6.45) is 0. The Bertz CT molecular complexity index is 337. The molecule has 2 heteroatoms. The number of hydrogen-bond acceptors (Lipinski definition) is 2. The smallest absolute Gasteiger partial charge is 0.0874 e. The zero-order chi connectivity index (χ0) is 11.7. The maximum Gasteiger partial charge on any atom is 0.0874 e. The van der Waals surface area contributed by atoms with Gasteiger partial charge in [-0.05, 0) is 38.8 Å². The van der Waals surface area contributed by atoms with Crippen LogP contribution in [0.3, 0.4) is 0 Å². The molecule has 0 saturated heterocycles. The molecule has 0 aliphatic heterocycles. The fourth-order valence-electron chi connectivity index (χ4n) is 1.68. The highest BCUT2D eigenvalue weighted by atomic mass is 16.5. The first kappa shape index (κ1) is 12.2. The monoisotopic (exact) mass is 207 g/mol. The van der Waals surface area contributed by atoms with E-state index in [0.717, 1.165) is 11.1 Å². The Morgan fingerprint density at radius 2 is 1.47 bits per heavy atom. The quantitative estimate of drug-likeness (QED) is 0.827. The van der Waals surface area contributed by atoms with Crippen LogP contribution in [0.4, 0.5) is 0 Å². The molecular formula is C13H21NO. The van der Waals surface area contributed by atoms with Crippen LogP contribution in [0.25, 0.3) is 0 Å². The molecule has 0 spiro atoms. The Labute approximate surface area is 92.4 Å². The summed E-state index contributed by atoms with van der Waals surface area (Å²) in [6.45, 7) is 8.13. The van der Waals surface area contributed by atoms with E-state index in [1.165, 1.54) is 0 Å². The molecule has 0 atom stereocenters. The van der Waals surface area contributed by atoms with Crippen molar-refractivity contribution in [1.82, 2.24) is 0 Å². The van der Waals surface area contributed by atoms with Crippen molar-refractivity contribution in [2.24, 2.45) is 5.73 Å². The van der Waals surface area contributed by atoms with Crippen molar-refractivity contribution in [3.63, 3.8) is 0 Å². The zero-order valence-corrected chi connectivity index (χ0v) is 10.3. The maximum atomic E-state index is 6.15. The van der Waals surface area contributed by atoms with Crippen LogP contribution < -0.4 is 5.73 Å². The lowest BCUT2D eigenvalue weighted by Gasteiger charge is -2.31. The van der Waals surface area contributed by atoms with Crippen LogP contribution in [0, 0.1) is 0 Å². The molecule has 1 aromatic rings. The first-order chi connectivity index (χ1) is 6.79. The predicted molar refractivity (Wildman–Crippen MR) is 63.7 cm³/mol. The van der Waals surface area contributed by atoms with Crippen molar-refractivity contribution in [1.29, 1.82) is 0 Å². The lowest BCUT2D eigenvalue weighted by atomic mass is 9.84. The van der Waals surface area contributed by atoms with Gasteiger partial charge in [0.2, 0.25) is 0 Å². The molecule has 0 bridgehead atoms. The van der Waals surface area contributed by atoms with Crippen molar-refractivity contribution in [3.05, 3.63) is 35.4 Å². The Morgan fingerprint density at radius 3 is 1.87 bits per heavy atom. The molecule has 0 heterocycles. The average Bonchev–Trinajstić information content (AvgIpc) is 2.16. The highest BCUT2D eigenvalue weighted by Crippen LogP contribution is 2.31. The third-order valence-corrected chi connectivity index (χ3v) is 2.78. The highest BCUT2D eigenvalue weighted by molar-refractivity contribution is 5.36. The molecule has 0 aliphatic carbocycles. The van der Waals surface area contributed by atoms with Crippen molar-refractivity contribution in [2.45, 2.75) is 38.8 Å². The fraction of sp³-hybridized carbons (Fsp3) is 0.538. The molecule has 2 nitrogen and oxygen atoms in total. The van der Waals surface area contributed by atoms with Crippen molar-refractivity contribution >= 4 is 0 Å². The van der Waals surface area contributed by atoms with E-state index < -0.39 is 0 Å². The Morgan fingerprint density at radius 1 is 1.00 bits per heavy atom. The normalized spacial score (nSPS) is 12.9. The summed E-state index contributed by atoms with van der Waals surface area (Å²) in [6, 6.07) is 8.17. The van der Waals surface area contributed by atoms with E-state index in [0.29, 0.717) is 0 Å². The van der Waals surface area contributed by atoms with Crippen LogP contribution in [-0.4, -0.2) is 7.11 Å². The number of methoxy groups -OCH3 is 1. The molecule has 0 fully saturated rings. The molecule has 0 radical (unpaired) electrons. The second-order valence-corrected chi connectivity index (χ2v) is 4.98. The molecule has 0 saturated carbocycles. The molecule has 1 aromatic carbocycles. The van der Waals surface area contributed by atoms with Crippen LogP contribution in [0.2, 0.25) is 0 Å². The van der Waals surface area contributed by atoms with Gasteiger partial charge in [0.25, 0.3) is 0 Å². The minimum atomic E-state index is -0.341. The summed E-state index contributed by atoms with van der Waals surface area (Å²) in [5.41, 5.74) is 7.80. The number of hydrogen-bond donors (Lipinski definition) is 1. The van der Waals surface area contributed by atoms with Crippen LogP contribution >= 0.6 is 0 Å². The van der Waals surface area contributed by atoms with Gasteiger partial charge < -0.3 is 10.5 Å². The van der Waals surface area contributed by atoms with Crippen LogP contribution in [0.1, 0.15) is 38.8 Å². The molecule has 0 unspecified atom stereocenters. The second kappa shape index (κ2) is 3.95. The molecule has 0 aromatic heterocycles. The number of benzene rings is 1. The SMILES string of the molecule is COC(C)(C)c1ccccc1C(C)(C)N. The van der Waals surface area contributed by atoms with Gasteiger partial charge >= 0.3 is 0 Å². The van der Waals surface area contributed by atoms with Crippen molar-refractivity contribution < 1.29 is 4.74 Å². The van der Waals surface area contributed by atoms with Gasteiger partial charge in [0, 0.05) is 12.6 Å². The third kappa shape index (κ3) is 2.58. The summed E-state index contributed by atoms with van der Waals surface area (Å²) < 4.78 is 5.50. The topological polar surface area (TPSA) is 35.2 Å². The highest BCUT2D eigenvalue weighted by Gasteiger charge is 2.27.